The largest absolute Gasteiger partial charge is 0.494 e. The monoisotopic (exact) mass is 546 g/mol. The van der Waals surface area contributed by atoms with Crippen LogP contribution in [0.2, 0.25) is 0 Å². The Balaban J connectivity index is 1.31. The van der Waals surface area contributed by atoms with Gasteiger partial charge in [0.25, 0.3) is 0 Å². The number of hydrogen-bond acceptors (Lipinski definition) is 10. The molecule has 2 aliphatic rings. The number of carbonyl (C=O) groups excluding carboxylic acids is 1. The van der Waals surface area contributed by atoms with E-state index in [2.05, 4.69) is 42.9 Å². The third kappa shape index (κ3) is 6.15. The summed E-state index contributed by atoms with van der Waals surface area (Å²) in [5.41, 5.74) is 4.70. The van der Waals surface area contributed by atoms with Crippen molar-refractivity contribution in [1.82, 2.24) is 20.2 Å². The van der Waals surface area contributed by atoms with Gasteiger partial charge in [-0.25, -0.2) is 4.98 Å². The average Bonchev–Trinajstić information content (AvgIpc) is 2.99. The summed E-state index contributed by atoms with van der Waals surface area (Å²) in [5.74, 6) is 2.70. The van der Waals surface area contributed by atoms with Gasteiger partial charge in [0.2, 0.25) is 11.9 Å². The van der Waals surface area contributed by atoms with Gasteiger partial charge in [0.15, 0.2) is 0 Å². The van der Waals surface area contributed by atoms with Gasteiger partial charge < -0.3 is 40.1 Å². The molecular weight excluding hydrogens is 508 g/mol. The highest BCUT2D eigenvalue weighted by atomic mass is 16.5. The Morgan fingerprint density at radius 2 is 1.43 bits per heavy atom. The van der Waals surface area contributed by atoms with Gasteiger partial charge in [-0.15, -0.1) is 0 Å². The van der Waals surface area contributed by atoms with Crippen molar-refractivity contribution in [2.24, 2.45) is 0 Å². The Morgan fingerprint density at radius 1 is 0.850 bits per heavy atom. The van der Waals surface area contributed by atoms with Crippen LogP contribution in [-0.2, 0) is 4.79 Å². The first-order chi connectivity index (χ1) is 19.4. The molecule has 11 heteroatoms. The van der Waals surface area contributed by atoms with Crippen LogP contribution in [0.15, 0.2) is 42.6 Å². The number of nitrogens with zero attached hydrogens (tertiary/aromatic N) is 5. The molecule has 0 spiro atoms. The van der Waals surface area contributed by atoms with Gasteiger partial charge in [-0.3, -0.25) is 4.79 Å². The van der Waals surface area contributed by atoms with E-state index in [0.717, 1.165) is 73.3 Å². The van der Waals surface area contributed by atoms with Crippen molar-refractivity contribution in [3.05, 3.63) is 48.2 Å². The molecule has 0 atom stereocenters. The summed E-state index contributed by atoms with van der Waals surface area (Å²) in [6.45, 7) is 10.5. The third-order valence-electron chi connectivity index (χ3n) is 7.41. The maximum Gasteiger partial charge on any atom is 0.229 e. The molecule has 2 aromatic carbocycles. The molecule has 0 aliphatic carbocycles. The first kappa shape index (κ1) is 27.3. The highest BCUT2D eigenvalue weighted by molar-refractivity contribution is 5.74. The number of carbonyl (C=O) groups is 1. The zero-order chi connectivity index (χ0) is 28.1. The Hall–Kier alpha value is -4.25. The maximum atomic E-state index is 11.7. The van der Waals surface area contributed by atoms with Gasteiger partial charge in [-0.2, -0.15) is 4.98 Å². The lowest BCUT2D eigenvalue weighted by Crippen LogP contribution is -2.48. The summed E-state index contributed by atoms with van der Waals surface area (Å²) in [7, 11) is 3.33. The van der Waals surface area contributed by atoms with Crippen molar-refractivity contribution in [2.75, 3.05) is 87.0 Å². The van der Waals surface area contributed by atoms with Crippen LogP contribution in [0.4, 0.5) is 34.5 Å². The quantitative estimate of drug-likeness (QED) is 0.389. The molecule has 11 nitrogen and oxygen atoms in total. The minimum atomic E-state index is 0.120. The minimum Gasteiger partial charge on any atom is -0.494 e. The highest BCUT2D eigenvalue weighted by Gasteiger charge is 2.20. The Morgan fingerprint density at radius 3 is 2.00 bits per heavy atom. The number of benzene rings is 2. The lowest BCUT2D eigenvalue weighted by Gasteiger charge is -2.35. The van der Waals surface area contributed by atoms with Crippen LogP contribution < -0.4 is 35.2 Å². The van der Waals surface area contributed by atoms with Gasteiger partial charge in [0, 0.05) is 94.5 Å². The topological polar surface area (TPSA) is 107 Å². The van der Waals surface area contributed by atoms with Crippen LogP contribution >= 0.6 is 0 Å². The summed E-state index contributed by atoms with van der Waals surface area (Å²) in [4.78, 5) is 27.4. The number of hydrogen-bond donors (Lipinski definition) is 3. The van der Waals surface area contributed by atoms with Crippen molar-refractivity contribution in [1.29, 1.82) is 0 Å². The molecule has 1 aromatic heterocycles. The first-order valence-corrected chi connectivity index (χ1v) is 13.6. The highest BCUT2D eigenvalue weighted by Crippen LogP contribution is 2.34. The van der Waals surface area contributed by atoms with E-state index in [1.165, 1.54) is 0 Å². The number of ether oxygens (including phenoxy) is 2. The van der Waals surface area contributed by atoms with E-state index in [1.54, 1.807) is 27.3 Å². The van der Waals surface area contributed by atoms with E-state index in [1.807, 2.05) is 36.1 Å². The van der Waals surface area contributed by atoms with Gasteiger partial charge in [-0.05, 0) is 31.2 Å². The first-order valence-electron chi connectivity index (χ1n) is 13.6. The summed E-state index contributed by atoms with van der Waals surface area (Å²) < 4.78 is 11.4. The summed E-state index contributed by atoms with van der Waals surface area (Å²) in [6, 6.07) is 12.2. The van der Waals surface area contributed by atoms with Crippen LogP contribution in [0.3, 0.4) is 0 Å². The minimum absolute atomic E-state index is 0.120. The number of amides is 1. The fourth-order valence-electron chi connectivity index (χ4n) is 5.04. The van der Waals surface area contributed by atoms with E-state index in [9.17, 15) is 4.79 Å². The molecule has 3 aromatic rings. The van der Waals surface area contributed by atoms with E-state index in [4.69, 9.17) is 14.5 Å². The standard InChI is InChI=1S/C29H38N8O3/c1-20-19-31-29(33-25-8-6-23(18-27(25)40-4)37-15-13-35(14-16-37)21(2)38)34-28(20)32-24-7-5-22(17-26(24)39-3)36-11-9-30-10-12-36/h5-8,17-19,30H,9-16H2,1-4H3,(H2,31,32,33,34). The van der Waals surface area contributed by atoms with Crippen molar-refractivity contribution in [2.45, 2.75) is 13.8 Å². The number of methoxy groups -OCH3 is 2. The van der Waals surface area contributed by atoms with Crippen molar-refractivity contribution in [3.63, 3.8) is 0 Å². The lowest BCUT2D eigenvalue weighted by molar-refractivity contribution is -0.129. The maximum absolute atomic E-state index is 11.7. The van der Waals surface area contributed by atoms with E-state index >= 15 is 0 Å². The molecule has 2 fully saturated rings. The molecule has 40 heavy (non-hydrogen) atoms. The molecule has 0 saturated carbocycles. The summed E-state index contributed by atoms with van der Waals surface area (Å²) in [5, 5.41) is 10.1. The molecule has 2 saturated heterocycles. The second-order valence-electron chi connectivity index (χ2n) is 9.97. The van der Waals surface area contributed by atoms with Crippen LogP contribution in [-0.4, -0.2) is 87.4 Å². The molecular formula is C29H38N8O3. The second-order valence-corrected chi connectivity index (χ2v) is 9.97. The Bertz CT molecular complexity index is 1340. The van der Waals surface area contributed by atoms with Crippen molar-refractivity contribution < 1.29 is 14.3 Å². The number of aromatic nitrogens is 2. The molecule has 0 radical (unpaired) electrons. The Kier molecular flexibility index (Phi) is 8.40. The molecule has 5 rings (SSSR count). The SMILES string of the molecule is COc1cc(N2CCN(C(C)=O)CC2)ccc1Nc1ncc(C)c(Nc2ccc(N3CCNCC3)cc2OC)n1. The van der Waals surface area contributed by atoms with Crippen LogP contribution in [0.1, 0.15) is 12.5 Å². The summed E-state index contributed by atoms with van der Waals surface area (Å²) in [6.07, 6.45) is 1.79. The van der Waals surface area contributed by atoms with Gasteiger partial charge in [0.05, 0.1) is 25.6 Å². The van der Waals surface area contributed by atoms with Crippen LogP contribution in [0.5, 0.6) is 11.5 Å². The number of aryl methyl sites for hydroxylation is 1. The molecule has 0 bridgehead atoms. The second kappa shape index (κ2) is 12.3. The zero-order valence-corrected chi connectivity index (χ0v) is 23.7. The number of nitrogens with one attached hydrogen (secondary N) is 3. The predicted octanol–water partition coefficient (Wildman–Crippen LogP) is 3.37. The third-order valence-corrected chi connectivity index (χ3v) is 7.41. The molecule has 212 valence electrons. The molecule has 3 N–H and O–H groups in total. The van der Waals surface area contributed by atoms with Gasteiger partial charge in [0.1, 0.15) is 17.3 Å². The molecule has 3 heterocycles. The lowest BCUT2D eigenvalue weighted by atomic mass is 10.2. The number of anilines is 6. The Labute approximate surface area is 235 Å². The van der Waals surface area contributed by atoms with Gasteiger partial charge >= 0.3 is 0 Å². The zero-order valence-electron chi connectivity index (χ0n) is 23.7. The fourth-order valence-corrected chi connectivity index (χ4v) is 5.04. The van der Waals surface area contributed by atoms with E-state index < -0.39 is 0 Å². The normalized spacial score (nSPS) is 15.6. The predicted molar refractivity (Wildman–Crippen MR) is 159 cm³/mol. The number of piperazine rings is 2. The molecule has 0 unspecified atom stereocenters. The van der Waals surface area contributed by atoms with Crippen molar-refractivity contribution >= 4 is 40.4 Å². The van der Waals surface area contributed by atoms with Crippen molar-refractivity contribution in [3.8, 4) is 11.5 Å². The van der Waals surface area contributed by atoms with Crippen LogP contribution in [0, 0.1) is 6.92 Å². The van der Waals surface area contributed by atoms with Crippen LogP contribution in [0.25, 0.3) is 0 Å². The number of rotatable bonds is 8. The molecule has 1 amide bonds. The smallest absolute Gasteiger partial charge is 0.229 e. The van der Waals surface area contributed by atoms with E-state index in [-0.39, 0.29) is 5.91 Å². The molecule has 2 aliphatic heterocycles. The average molecular weight is 547 g/mol. The van der Waals surface area contributed by atoms with E-state index in [0.29, 0.717) is 30.6 Å². The fraction of sp³-hybridized carbons (Fsp3) is 0.414. The van der Waals surface area contributed by atoms with Gasteiger partial charge in [-0.1, -0.05) is 0 Å². The summed E-state index contributed by atoms with van der Waals surface area (Å²) >= 11 is 0.